The minimum Gasteiger partial charge on any atom is -0.345 e. The molecule has 11 heteroatoms. The van der Waals surface area contributed by atoms with E-state index >= 15 is 4.39 Å². The Morgan fingerprint density at radius 1 is 1.13 bits per heavy atom. The van der Waals surface area contributed by atoms with Gasteiger partial charge < -0.3 is 20.0 Å². The second-order valence-electron chi connectivity index (χ2n) is 8.86. The minimum atomic E-state index is -1.55. The molecule has 0 aliphatic heterocycles. The standard InChI is InChI=1S/C27H26F2N6O2S/c1-3-10-38(37)35-21-7-5-19(28)24(25(21)29)26(36)18-14-32-27-17(18)11-16(13-31-27)15-4-6-20-22(12-15)34-23(33-20)8-9-30-2/h4-7,11-14,30,35H,3,8-10H2,1-2H3,(H,31,32)(H,33,34). The Morgan fingerprint density at radius 2 is 1.97 bits per heavy atom. The van der Waals surface area contributed by atoms with Gasteiger partial charge in [0.1, 0.15) is 28.3 Å². The van der Waals surface area contributed by atoms with Crippen molar-refractivity contribution in [1.82, 2.24) is 25.3 Å². The van der Waals surface area contributed by atoms with Crippen LogP contribution in [0.1, 0.15) is 35.1 Å². The number of nitrogens with one attached hydrogen (secondary N) is 4. The van der Waals surface area contributed by atoms with E-state index in [0.29, 0.717) is 23.2 Å². The van der Waals surface area contributed by atoms with Crippen molar-refractivity contribution >= 4 is 44.5 Å². The largest absolute Gasteiger partial charge is 0.345 e. The van der Waals surface area contributed by atoms with Crippen molar-refractivity contribution in [2.75, 3.05) is 24.1 Å². The highest BCUT2D eigenvalue weighted by Crippen LogP contribution is 2.30. The smallest absolute Gasteiger partial charge is 0.201 e. The Hall–Kier alpha value is -3.96. The molecule has 0 saturated heterocycles. The number of hydrogen-bond donors (Lipinski definition) is 4. The van der Waals surface area contributed by atoms with E-state index in [-0.39, 0.29) is 11.3 Å². The number of fused-ring (bicyclic) bond motifs is 2. The van der Waals surface area contributed by atoms with Crippen LogP contribution in [-0.4, -0.2) is 49.3 Å². The number of nitrogens with zero attached hydrogens (tertiary/aromatic N) is 2. The van der Waals surface area contributed by atoms with Gasteiger partial charge in [0.2, 0.25) is 5.78 Å². The van der Waals surface area contributed by atoms with Gasteiger partial charge in [-0.25, -0.2) is 23.0 Å². The molecular formula is C27H26F2N6O2S. The number of ketones is 1. The topological polar surface area (TPSA) is 116 Å². The van der Waals surface area contributed by atoms with Gasteiger partial charge in [-0.15, -0.1) is 0 Å². The molecule has 0 saturated carbocycles. The fourth-order valence-corrected chi connectivity index (χ4v) is 5.16. The van der Waals surface area contributed by atoms with Crippen LogP contribution < -0.4 is 10.0 Å². The summed E-state index contributed by atoms with van der Waals surface area (Å²) in [6.45, 7) is 2.64. The normalized spacial score (nSPS) is 12.3. The summed E-state index contributed by atoms with van der Waals surface area (Å²) in [4.78, 5) is 28.6. The highest BCUT2D eigenvalue weighted by molar-refractivity contribution is 7.86. The number of likely N-dealkylation sites (N-methyl/N-ethyl adjacent to an activating group) is 1. The molecule has 5 rings (SSSR count). The van der Waals surface area contributed by atoms with Crippen LogP contribution in [0.2, 0.25) is 0 Å². The highest BCUT2D eigenvalue weighted by atomic mass is 32.2. The summed E-state index contributed by atoms with van der Waals surface area (Å²) in [6, 6.07) is 9.66. The molecule has 4 N–H and O–H groups in total. The van der Waals surface area contributed by atoms with Crippen molar-refractivity contribution < 1.29 is 17.8 Å². The van der Waals surface area contributed by atoms with Crippen molar-refractivity contribution in [3.63, 3.8) is 0 Å². The number of anilines is 1. The van der Waals surface area contributed by atoms with Gasteiger partial charge in [-0.2, -0.15) is 0 Å². The van der Waals surface area contributed by atoms with Gasteiger partial charge in [0.15, 0.2) is 5.82 Å². The number of benzene rings is 2. The Labute approximate surface area is 219 Å². The van der Waals surface area contributed by atoms with Gasteiger partial charge >= 0.3 is 0 Å². The lowest BCUT2D eigenvalue weighted by molar-refractivity contribution is 0.103. The monoisotopic (exact) mass is 536 g/mol. The molecule has 0 bridgehead atoms. The van der Waals surface area contributed by atoms with E-state index in [4.69, 9.17) is 0 Å². The van der Waals surface area contributed by atoms with E-state index in [9.17, 15) is 13.4 Å². The molecule has 8 nitrogen and oxygen atoms in total. The second kappa shape index (κ2) is 10.8. The molecule has 0 radical (unpaired) electrons. The molecule has 0 aliphatic carbocycles. The fourth-order valence-electron chi connectivity index (χ4n) is 4.29. The molecule has 3 aromatic heterocycles. The van der Waals surface area contributed by atoms with Gasteiger partial charge in [-0.3, -0.25) is 4.79 Å². The predicted molar refractivity (Wildman–Crippen MR) is 146 cm³/mol. The van der Waals surface area contributed by atoms with Crippen molar-refractivity contribution in [3.8, 4) is 11.1 Å². The number of halogens is 2. The summed E-state index contributed by atoms with van der Waals surface area (Å²) >= 11 is 0. The summed E-state index contributed by atoms with van der Waals surface area (Å²) in [5.74, 6) is -1.77. The maximum Gasteiger partial charge on any atom is 0.201 e. The summed E-state index contributed by atoms with van der Waals surface area (Å²) in [5.41, 5.74) is 2.86. The van der Waals surface area contributed by atoms with E-state index in [0.717, 1.165) is 53.1 Å². The summed E-state index contributed by atoms with van der Waals surface area (Å²) in [5, 5.41) is 3.53. The van der Waals surface area contributed by atoms with E-state index < -0.39 is 34.0 Å². The van der Waals surface area contributed by atoms with Crippen LogP contribution in [-0.2, 0) is 17.4 Å². The molecular weight excluding hydrogens is 510 g/mol. The number of aromatic nitrogens is 4. The number of pyridine rings is 1. The van der Waals surface area contributed by atoms with Crippen LogP contribution in [0.15, 0.2) is 48.8 Å². The first-order valence-electron chi connectivity index (χ1n) is 12.2. The SMILES string of the molecule is CCCS(=O)Nc1ccc(F)c(C(=O)c2c[nH]c3ncc(-c4ccc5nc(CCNC)[nH]c5c4)cc23)c1F. The molecule has 0 spiro atoms. The average Bonchev–Trinajstić information content (AvgIpc) is 3.52. The molecule has 38 heavy (non-hydrogen) atoms. The maximum atomic E-state index is 15.3. The van der Waals surface area contributed by atoms with Crippen molar-refractivity contribution in [3.05, 3.63) is 77.4 Å². The zero-order chi connectivity index (χ0) is 26.8. The molecule has 0 amide bonds. The molecule has 0 aliphatic rings. The van der Waals surface area contributed by atoms with Gasteiger partial charge in [-0.1, -0.05) is 13.0 Å². The zero-order valence-corrected chi connectivity index (χ0v) is 21.6. The summed E-state index contributed by atoms with van der Waals surface area (Å²) in [7, 11) is 0.331. The zero-order valence-electron chi connectivity index (χ0n) is 20.8. The highest BCUT2D eigenvalue weighted by Gasteiger charge is 2.25. The van der Waals surface area contributed by atoms with Crippen LogP contribution in [0.5, 0.6) is 0 Å². The number of aromatic amines is 2. The van der Waals surface area contributed by atoms with E-state index in [1.807, 2.05) is 32.2 Å². The number of hydrogen-bond acceptors (Lipinski definition) is 5. The summed E-state index contributed by atoms with van der Waals surface area (Å²) in [6.07, 6.45) is 4.44. The van der Waals surface area contributed by atoms with E-state index in [2.05, 4.69) is 30.0 Å². The molecule has 0 fully saturated rings. The van der Waals surface area contributed by atoms with Crippen LogP contribution in [0.4, 0.5) is 14.5 Å². The third-order valence-electron chi connectivity index (χ3n) is 6.18. The van der Waals surface area contributed by atoms with Crippen molar-refractivity contribution in [2.24, 2.45) is 0 Å². The molecule has 1 atom stereocenters. The number of carbonyl (C=O) groups is 1. The Morgan fingerprint density at radius 3 is 2.76 bits per heavy atom. The van der Waals surface area contributed by atoms with Gasteiger partial charge in [0.25, 0.3) is 0 Å². The van der Waals surface area contributed by atoms with Gasteiger partial charge in [0.05, 0.1) is 22.3 Å². The maximum absolute atomic E-state index is 15.3. The Balaban J connectivity index is 1.51. The number of H-pyrrole nitrogens is 2. The molecule has 1 unspecified atom stereocenters. The third-order valence-corrected chi connectivity index (χ3v) is 7.41. The molecule has 5 aromatic rings. The quantitative estimate of drug-likeness (QED) is 0.190. The predicted octanol–water partition coefficient (Wildman–Crippen LogP) is 4.86. The second-order valence-corrected chi connectivity index (χ2v) is 10.2. The minimum absolute atomic E-state index is 0.0796. The van der Waals surface area contributed by atoms with Crippen LogP contribution in [0.25, 0.3) is 33.2 Å². The average molecular weight is 537 g/mol. The van der Waals surface area contributed by atoms with Crippen molar-refractivity contribution in [2.45, 2.75) is 19.8 Å². The molecule has 3 heterocycles. The fraction of sp³-hybridized carbons (Fsp3) is 0.222. The van der Waals surface area contributed by atoms with Crippen molar-refractivity contribution in [1.29, 1.82) is 0 Å². The number of rotatable bonds is 10. The van der Waals surface area contributed by atoms with E-state index in [1.54, 1.807) is 12.3 Å². The lowest BCUT2D eigenvalue weighted by Gasteiger charge is -2.10. The number of carbonyl (C=O) groups excluding carboxylic acids is 1. The first-order valence-corrected chi connectivity index (χ1v) is 13.5. The Kier molecular flexibility index (Phi) is 7.30. The van der Waals surface area contributed by atoms with Crippen LogP contribution in [0.3, 0.4) is 0 Å². The van der Waals surface area contributed by atoms with Crippen LogP contribution >= 0.6 is 0 Å². The molecule has 2 aromatic carbocycles. The van der Waals surface area contributed by atoms with Crippen LogP contribution in [0, 0.1) is 11.6 Å². The first kappa shape index (κ1) is 25.7. The first-order chi connectivity index (χ1) is 18.4. The molecule has 196 valence electrons. The lowest BCUT2D eigenvalue weighted by Crippen LogP contribution is -2.13. The summed E-state index contributed by atoms with van der Waals surface area (Å²) < 4.78 is 44.6. The lowest BCUT2D eigenvalue weighted by atomic mass is 9.99. The van der Waals surface area contributed by atoms with E-state index in [1.165, 1.54) is 6.20 Å². The Bertz CT molecular complexity index is 1680. The van der Waals surface area contributed by atoms with Gasteiger partial charge in [0, 0.05) is 47.6 Å². The third kappa shape index (κ3) is 4.94. The van der Waals surface area contributed by atoms with Gasteiger partial charge in [-0.05, 0) is 49.4 Å². The number of imidazole rings is 1.